The van der Waals surface area contributed by atoms with Crippen molar-refractivity contribution in [1.29, 1.82) is 0 Å². The molecule has 0 aliphatic carbocycles. The van der Waals surface area contributed by atoms with Crippen LogP contribution in [0.1, 0.15) is 19.3 Å². The summed E-state index contributed by atoms with van der Waals surface area (Å²) in [6.07, 6.45) is 4.17. The smallest absolute Gasteiger partial charge is 0.223 e. The molecule has 1 heterocycles. The zero-order valence-corrected chi connectivity index (χ0v) is 5.14. The minimum absolute atomic E-state index is 0.802. The molecular formula is C6H11O2. The minimum atomic E-state index is 0.802. The Morgan fingerprint density at radius 1 is 1.50 bits per heavy atom. The Bertz CT molecular complexity index is 57.5. The van der Waals surface area contributed by atoms with Gasteiger partial charge in [-0.1, -0.05) is 0 Å². The predicted octanol–water partition coefficient (Wildman–Crippen LogP) is 1.32. The molecule has 1 saturated heterocycles. The topological polar surface area (TPSA) is 18.5 Å². The van der Waals surface area contributed by atoms with Crippen LogP contribution in [0.2, 0.25) is 0 Å². The summed E-state index contributed by atoms with van der Waals surface area (Å²) in [4.78, 5) is 0. The van der Waals surface area contributed by atoms with Gasteiger partial charge in [0.2, 0.25) is 6.29 Å². The van der Waals surface area contributed by atoms with Gasteiger partial charge in [0, 0.05) is 13.5 Å². The van der Waals surface area contributed by atoms with Gasteiger partial charge in [0.1, 0.15) is 0 Å². The van der Waals surface area contributed by atoms with E-state index in [1.165, 1.54) is 12.8 Å². The Morgan fingerprint density at radius 2 is 2.38 bits per heavy atom. The van der Waals surface area contributed by atoms with E-state index in [1.54, 1.807) is 7.11 Å². The number of methoxy groups -OCH3 is 1. The molecule has 1 rings (SSSR count). The van der Waals surface area contributed by atoms with Crippen LogP contribution in [0.25, 0.3) is 0 Å². The van der Waals surface area contributed by atoms with Crippen LogP contribution in [-0.4, -0.2) is 13.7 Å². The van der Waals surface area contributed by atoms with E-state index in [1.807, 2.05) is 0 Å². The third-order valence-corrected chi connectivity index (χ3v) is 1.27. The highest BCUT2D eigenvalue weighted by atomic mass is 16.7. The average molecular weight is 115 g/mol. The zero-order valence-electron chi connectivity index (χ0n) is 5.14. The molecule has 1 radical (unpaired) electrons. The molecule has 8 heavy (non-hydrogen) atoms. The summed E-state index contributed by atoms with van der Waals surface area (Å²) in [6, 6.07) is 0. The van der Waals surface area contributed by atoms with Crippen molar-refractivity contribution < 1.29 is 9.47 Å². The van der Waals surface area contributed by atoms with Crippen molar-refractivity contribution in [2.45, 2.75) is 19.3 Å². The summed E-state index contributed by atoms with van der Waals surface area (Å²) in [5.41, 5.74) is 0. The van der Waals surface area contributed by atoms with Gasteiger partial charge in [0.15, 0.2) is 0 Å². The first-order valence-corrected chi connectivity index (χ1v) is 2.96. The van der Waals surface area contributed by atoms with Crippen LogP contribution >= 0.6 is 0 Å². The fourth-order valence-corrected chi connectivity index (χ4v) is 0.791. The summed E-state index contributed by atoms with van der Waals surface area (Å²) in [7, 11) is 1.65. The Balaban J connectivity index is 2.13. The second-order valence-electron chi connectivity index (χ2n) is 1.88. The molecule has 2 heteroatoms. The Labute approximate surface area is 49.8 Å². The molecule has 1 aliphatic heterocycles. The number of ether oxygens (including phenoxy) is 2. The second kappa shape index (κ2) is 3.05. The molecule has 0 amide bonds. The lowest BCUT2D eigenvalue weighted by atomic mass is 10.2. The van der Waals surface area contributed by atoms with E-state index < -0.39 is 0 Å². The minimum Gasteiger partial charge on any atom is -0.349 e. The number of rotatable bonds is 1. The van der Waals surface area contributed by atoms with Crippen molar-refractivity contribution in [2.75, 3.05) is 13.7 Å². The van der Waals surface area contributed by atoms with Crippen LogP contribution in [0.15, 0.2) is 0 Å². The van der Waals surface area contributed by atoms with Gasteiger partial charge in [-0.3, -0.25) is 0 Å². The first-order chi connectivity index (χ1) is 3.93. The third-order valence-electron chi connectivity index (χ3n) is 1.27. The molecule has 0 N–H and O–H groups in total. The molecule has 0 aromatic rings. The predicted molar refractivity (Wildman–Crippen MR) is 30.1 cm³/mol. The number of hydrogen-bond donors (Lipinski definition) is 0. The van der Waals surface area contributed by atoms with Crippen molar-refractivity contribution in [3.63, 3.8) is 0 Å². The third kappa shape index (κ3) is 1.46. The molecule has 1 aliphatic rings. The Hall–Kier alpha value is -0.0800. The fraction of sp³-hybridized carbons (Fsp3) is 0.833. The van der Waals surface area contributed by atoms with Gasteiger partial charge < -0.3 is 9.47 Å². The van der Waals surface area contributed by atoms with Crippen LogP contribution < -0.4 is 0 Å². The normalized spacial score (nSPS) is 23.6. The maximum Gasteiger partial charge on any atom is 0.223 e. The fourth-order valence-electron chi connectivity index (χ4n) is 0.791. The monoisotopic (exact) mass is 115 g/mol. The molecule has 0 atom stereocenters. The second-order valence-corrected chi connectivity index (χ2v) is 1.88. The van der Waals surface area contributed by atoms with Gasteiger partial charge in [-0.25, -0.2) is 0 Å². The first kappa shape index (κ1) is 6.05. The molecule has 0 aromatic carbocycles. The molecule has 0 saturated carbocycles. The van der Waals surface area contributed by atoms with Crippen LogP contribution in [0.4, 0.5) is 0 Å². The van der Waals surface area contributed by atoms with Gasteiger partial charge >= 0.3 is 0 Å². The van der Waals surface area contributed by atoms with E-state index >= 15 is 0 Å². The van der Waals surface area contributed by atoms with E-state index in [2.05, 4.69) is 0 Å². The van der Waals surface area contributed by atoms with E-state index in [0.29, 0.717) is 0 Å². The van der Waals surface area contributed by atoms with Gasteiger partial charge in [-0.15, -0.1) is 0 Å². The van der Waals surface area contributed by atoms with Crippen molar-refractivity contribution in [3.8, 4) is 0 Å². The van der Waals surface area contributed by atoms with Crippen molar-refractivity contribution in [2.24, 2.45) is 0 Å². The maximum atomic E-state index is 5.12. The Kier molecular flexibility index (Phi) is 2.30. The summed E-state index contributed by atoms with van der Waals surface area (Å²) in [6.45, 7) is 0.836. The van der Waals surface area contributed by atoms with Crippen LogP contribution in [0.3, 0.4) is 0 Å². The molecular weight excluding hydrogens is 104 g/mol. The van der Waals surface area contributed by atoms with Crippen molar-refractivity contribution >= 4 is 0 Å². The first-order valence-electron chi connectivity index (χ1n) is 2.96. The standard InChI is InChI=1S/C6H11O2/c1-7-6-4-2-3-5-8-6/h2-5H2,1H3. The van der Waals surface area contributed by atoms with Crippen LogP contribution in [0, 0.1) is 6.29 Å². The van der Waals surface area contributed by atoms with Gasteiger partial charge in [0.05, 0.1) is 6.61 Å². The highest BCUT2D eigenvalue weighted by Gasteiger charge is 2.12. The van der Waals surface area contributed by atoms with E-state index in [4.69, 9.17) is 9.47 Å². The lowest BCUT2D eigenvalue weighted by molar-refractivity contribution is -0.0490. The quantitative estimate of drug-likeness (QED) is 0.513. The maximum absolute atomic E-state index is 5.12. The SMILES string of the molecule is CO[C]1CCCCO1. The number of hydrogen-bond acceptors (Lipinski definition) is 2. The van der Waals surface area contributed by atoms with Crippen LogP contribution in [-0.2, 0) is 9.47 Å². The Morgan fingerprint density at radius 3 is 2.75 bits per heavy atom. The molecule has 0 bridgehead atoms. The zero-order chi connectivity index (χ0) is 5.82. The summed E-state index contributed by atoms with van der Waals surface area (Å²) in [5.74, 6) is 0. The largest absolute Gasteiger partial charge is 0.349 e. The lowest BCUT2D eigenvalue weighted by Gasteiger charge is -2.18. The summed E-state index contributed by atoms with van der Waals surface area (Å²) in [5, 5.41) is 0. The molecule has 0 spiro atoms. The van der Waals surface area contributed by atoms with Gasteiger partial charge in [-0.2, -0.15) is 0 Å². The molecule has 0 aromatic heterocycles. The van der Waals surface area contributed by atoms with E-state index in [-0.39, 0.29) is 0 Å². The molecule has 1 fully saturated rings. The molecule has 0 unspecified atom stereocenters. The highest BCUT2D eigenvalue weighted by Crippen LogP contribution is 2.18. The van der Waals surface area contributed by atoms with Crippen molar-refractivity contribution in [1.82, 2.24) is 0 Å². The summed E-state index contributed by atoms with van der Waals surface area (Å²) < 4.78 is 10.0. The summed E-state index contributed by atoms with van der Waals surface area (Å²) >= 11 is 0. The lowest BCUT2D eigenvalue weighted by Crippen LogP contribution is -2.12. The molecule has 2 nitrogen and oxygen atoms in total. The highest BCUT2D eigenvalue weighted by molar-refractivity contribution is 4.68. The van der Waals surface area contributed by atoms with Gasteiger partial charge in [-0.05, 0) is 12.8 Å². The van der Waals surface area contributed by atoms with Gasteiger partial charge in [0.25, 0.3) is 0 Å². The molecule has 47 valence electrons. The van der Waals surface area contributed by atoms with E-state index in [0.717, 1.165) is 19.3 Å². The van der Waals surface area contributed by atoms with E-state index in [9.17, 15) is 0 Å². The van der Waals surface area contributed by atoms with Crippen LogP contribution in [0.5, 0.6) is 0 Å². The average Bonchev–Trinajstić information content (AvgIpc) is 1.90. The van der Waals surface area contributed by atoms with Crippen molar-refractivity contribution in [3.05, 3.63) is 6.29 Å².